The van der Waals surface area contributed by atoms with Crippen molar-refractivity contribution in [3.8, 4) is 0 Å². The van der Waals surface area contributed by atoms with Crippen molar-refractivity contribution >= 4 is 11.8 Å². The van der Waals surface area contributed by atoms with Crippen LogP contribution in [0.15, 0.2) is 14.7 Å². The molecule has 0 aromatic carbocycles. The minimum atomic E-state index is -0.718. The van der Waals surface area contributed by atoms with E-state index >= 15 is 0 Å². The van der Waals surface area contributed by atoms with E-state index in [4.69, 9.17) is 0 Å². The smallest absolute Gasteiger partial charge is 0.316 e. The molecule has 1 atom stereocenters. The monoisotopic (exact) mass is 298 g/mol. The number of aromatic nitrogens is 3. The summed E-state index contributed by atoms with van der Waals surface area (Å²) in [5.41, 5.74) is -1.39. The van der Waals surface area contributed by atoms with Crippen LogP contribution in [0, 0.1) is 5.92 Å². The van der Waals surface area contributed by atoms with Crippen LogP contribution in [0.2, 0.25) is 0 Å². The van der Waals surface area contributed by atoms with Crippen LogP contribution < -0.4 is 16.4 Å². The minimum Gasteiger partial charge on any atom is -0.316 e. The van der Waals surface area contributed by atoms with Gasteiger partial charge in [-0.25, -0.2) is 0 Å². The Morgan fingerprint density at radius 3 is 2.75 bits per heavy atom. The van der Waals surface area contributed by atoms with E-state index < -0.39 is 11.1 Å². The highest BCUT2D eigenvalue weighted by molar-refractivity contribution is 7.99. The molecule has 1 heterocycles. The van der Waals surface area contributed by atoms with E-state index in [1.165, 1.54) is 48.5 Å². The molecule has 0 aliphatic heterocycles. The molecular weight excluding hydrogens is 276 g/mol. The van der Waals surface area contributed by atoms with Crippen molar-refractivity contribution in [2.45, 2.75) is 43.3 Å². The summed E-state index contributed by atoms with van der Waals surface area (Å²) >= 11 is 1.52. The number of thioether (sulfide) groups is 1. The van der Waals surface area contributed by atoms with Crippen molar-refractivity contribution in [2.75, 3.05) is 12.8 Å². The number of H-pyrrole nitrogens is 1. The van der Waals surface area contributed by atoms with Crippen LogP contribution in [-0.4, -0.2) is 33.6 Å². The summed E-state index contributed by atoms with van der Waals surface area (Å²) in [5, 5.41) is 6.41. The Bertz CT molecular complexity index is 548. The summed E-state index contributed by atoms with van der Waals surface area (Å²) in [4.78, 5) is 26.3. The first-order chi connectivity index (χ1) is 9.61. The molecule has 2 rings (SSSR count). The van der Waals surface area contributed by atoms with Gasteiger partial charge in [0.25, 0.3) is 0 Å². The number of aromatic amines is 1. The highest BCUT2D eigenvalue weighted by atomic mass is 32.2. The molecule has 7 heteroatoms. The van der Waals surface area contributed by atoms with Gasteiger partial charge in [-0.2, -0.15) is 4.98 Å². The van der Waals surface area contributed by atoms with Crippen LogP contribution in [-0.2, 0) is 7.05 Å². The molecule has 1 aromatic rings. The number of nitrogens with one attached hydrogen (secondary N) is 2. The molecular formula is C13H22N4O2S. The van der Waals surface area contributed by atoms with Crippen LogP contribution >= 0.6 is 11.8 Å². The van der Waals surface area contributed by atoms with E-state index in [-0.39, 0.29) is 0 Å². The van der Waals surface area contributed by atoms with Crippen LogP contribution in [0.4, 0.5) is 0 Å². The Kier molecular flexibility index (Phi) is 5.42. The highest BCUT2D eigenvalue weighted by Crippen LogP contribution is 2.28. The standard InChI is InChI=1S/C13H22N4O2S/c1-14-10(9-6-4-3-5-7-9)8-20-13-15-11(18)12(19)16-17(13)2/h9-10,14H,3-8H2,1-2H3,(H,16,19). The zero-order valence-corrected chi connectivity index (χ0v) is 12.8. The van der Waals surface area contributed by atoms with E-state index in [0.29, 0.717) is 17.1 Å². The lowest BCUT2D eigenvalue weighted by Crippen LogP contribution is -2.38. The maximum atomic E-state index is 11.3. The van der Waals surface area contributed by atoms with Crippen molar-refractivity contribution < 1.29 is 0 Å². The zero-order valence-electron chi connectivity index (χ0n) is 12.0. The molecule has 1 aliphatic rings. The molecule has 0 spiro atoms. The van der Waals surface area contributed by atoms with E-state index in [0.717, 1.165) is 5.75 Å². The van der Waals surface area contributed by atoms with Crippen LogP contribution in [0.3, 0.4) is 0 Å². The lowest BCUT2D eigenvalue weighted by Gasteiger charge is -2.29. The molecule has 0 saturated heterocycles. The predicted octanol–water partition coefficient (Wildman–Crippen LogP) is 0.729. The minimum absolute atomic E-state index is 0.420. The van der Waals surface area contributed by atoms with Gasteiger partial charge in [0.15, 0.2) is 5.16 Å². The van der Waals surface area contributed by atoms with Crippen molar-refractivity contribution in [1.82, 2.24) is 20.1 Å². The average molecular weight is 298 g/mol. The number of nitrogens with zero attached hydrogens (tertiary/aromatic N) is 2. The average Bonchev–Trinajstić information content (AvgIpc) is 2.46. The number of hydrogen-bond acceptors (Lipinski definition) is 5. The summed E-state index contributed by atoms with van der Waals surface area (Å²) in [6.45, 7) is 0. The Morgan fingerprint density at radius 2 is 2.10 bits per heavy atom. The predicted molar refractivity (Wildman–Crippen MR) is 80.2 cm³/mol. The second kappa shape index (κ2) is 7.08. The van der Waals surface area contributed by atoms with Crippen molar-refractivity contribution in [1.29, 1.82) is 0 Å². The fourth-order valence-corrected chi connectivity index (χ4v) is 3.90. The first-order valence-electron chi connectivity index (χ1n) is 7.09. The van der Waals surface area contributed by atoms with E-state index in [1.54, 1.807) is 7.05 Å². The second-order valence-corrected chi connectivity index (χ2v) is 6.29. The Labute approximate surface area is 122 Å². The fourth-order valence-electron chi connectivity index (χ4n) is 2.75. The number of rotatable bonds is 5. The van der Waals surface area contributed by atoms with Crippen molar-refractivity contribution in [3.05, 3.63) is 20.7 Å². The van der Waals surface area contributed by atoms with Gasteiger partial charge in [-0.1, -0.05) is 31.0 Å². The summed E-state index contributed by atoms with van der Waals surface area (Å²) in [6, 6.07) is 0.420. The molecule has 1 unspecified atom stereocenters. The van der Waals surface area contributed by atoms with Crippen LogP contribution in [0.25, 0.3) is 0 Å². The SMILES string of the molecule is CNC(CSc1nc(=O)c(=O)[nH]n1C)C1CCCCC1. The Hall–Kier alpha value is -1.08. The third kappa shape index (κ3) is 3.73. The van der Waals surface area contributed by atoms with Crippen LogP contribution in [0.1, 0.15) is 32.1 Å². The summed E-state index contributed by atoms with van der Waals surface area (Å²) in [7, 11) is 3.68. The van der Waals surface area contributed by atoms with Crippen molar-refractivity contribution in [2.24, 2.45) is 13.0 Å². The second-order valence-electron chi connectivity index (χ2n) is 5.30. The molecule has 1 aromatic heterocycles. The van der Waals surface area contributed by atoms with Gasteiger partial charge in [0.2, 0.25) is 0 Å². The van der Waals surface area contributed by atoms with E-state index in [1.807, 2.05) is 7.05 Å². The molecule has 1 aliphatic carbocycles. The molecule has 0 bridgehead atoms. The third-order valence-electron chi connectivity index (χ3n) is 3.93. The Morgan fingerprint density at radius 1 is 1.40 bits per heavy atom. The van der Waals surface area contributed by atoms with E-state index in [2.05, 4.69) is 15.4 Å². The zero-order chi connectivity index (χ0) is 14.5. The molecule has 2 N–H and O–H groups in total. The van der Waals surface area contributed by atoms with Gasteiger partial charge in [-0.3, -0.25) is 19.4 Å². The van der Waals surface area contributed by atoms with Gasteiger partial charge in [-0.15, -0.1) is 0 Å². The first-order valence-corrected chi connectivity index (χ1v) is 8.08. The molecule has 1 fully saturated rings. The summed E-state index contributed by atoms with van der Waals surface area (Å²) in [6.07, 6.45) is 6.50. The van der Waals surface area contributed by atoms with Crippen molar-refractivity contribution in [3.63, 3.8) is 0 Å². The van der Waals surface area contributed by atoms with Gasteiger partial charge >= 0.3 is 11.1 Å². The largest absolute Gasteiger partial charge is 0.339 e. The van der Waals surface area contributed by atoms with Gasteiger partial charge < -0.3 is 5.32 Å². The number of aryl methyl sites for hydroxylation is 1. The molecule has 1 saturated carbocycles. The first kappa shape index (κ1) is 15.3. The molecule has 0 amide bonds. The quantitative estimate of drug-likeness (QED) is 0.619. The number of hydrogen-bond donors (Lipinski definition) is 2. The normalized spacial score (nSPS) is 18.1. The summed E-state index contributed by atoms with van der Waals surface area (Å²) < 4.78 is 1.52. The maximum absolute atomic E-state index is 11.3. The molecule has 6 nitrogen and oxygen atoms in total. The molecule has 20 heavy (non-hydrogen) atoms. The summed E-state index contributed by atoms with van der Waals surface area (Å²) in [5.74, 6) is 1.55. The van der Waals surface area contributed by atoms with Gasteiger partial charge in [0.05, 0.1) is 0 Å². The van der Waals surface area contributed by atoms with Gasteiger partial charge in [0.1, 0.15) is 0 Å². The maximum Gasteiger partial charge on any atom is 0.339 e. The third-order valence-corrected chi connectivity index (χ3v) is 5.08. The molecule has 112 valence electrons. The Balaban J connectivity index is 2.01. The topological polar surface area (TPSA) is 79.8 Å². The lowest BCUT2D eigenvalue weighted by atomic mass is 9.84. The van der Waals surface area contributed by atoms with Gasteiger partial charge in [0, 0.05) is 18.8 Å². The van der Waals surface area contributed by atoms with Crippen LogP contribution in [0.5, 0.6) is 0 Å². The molecule has 0 radical (unpaired) electrons. The lowest BCUT2D eigenvalue weighted by molar-refractivity contribution is 0.294. The fraction of sp³-hybridized carbons (Fsp3) is 0.769. The van der Waals surface area contributed by atoms with E-state index in [9.17, 15) is 9.59 Å². The highest BCUT2D eigenvalue weighted by Gasteiger charge is 2.22. The van der Waals surface area contributed by atoms with Gasteiger partial charge in [-0.05, 0) is 25.8 Å².